The molecule has 152 valence electrons. The predicted octanol–water partition coefficient (Wildman–Crippen LogP) is 3.51. The van der Waals surface area contributed by atoms with Gasteiger partial charge in [0.15, 0.2) is 0 Å². The highest BCUT2D eigenvalue weighted by Gasteiger charge is 2.21. The van der Waals surface area contributed by atoms with E-state index >= 15 is 0 Å². The third-order valence-corrected chi connectivity index (χ3v) is 5.76. The van der Waals surface area contributed by atoms with Crippen molar-refractivity contribution in [2.75, 3.05) is 5.43 Å². The summed E-state index contributed by atoms with van der Waals surface area (Å²) in [7, 11) is 3.00. The minimum absolute atomic E-state index is 0.292. The van der Waals surface area contributed by atoms with Crippen molar-refractivity contribution in [1.82, 2.24) is 13.8 Å². The average molecular weight is 488 g/mol. The highest BCUT2D eigenvalue weighted by molar-refractivity contribution is 9.10. The van der Waals surface area contributed by atoms with Crippen LogP contribution in [0.25, 0.3) is 22.2 Å². The normalized spacial score (nSPS) is 11.1. The summed E-state index contributed by atoms with van der Waals surface area (Å²) in [5.74, 6) is -0.443. The van der Waals surface area contributed by atoms with Gasteiger partial charge in [0.05, 0.1) is 33.4 Å². The molecule has 0 aliphatic heterocycles. The maximum absolute atomic E-state index is 13.0. The second kappa shape index (κ2) is 7.62. The number of hydrogen-bond acceptors (Lipinski definition) is 3. The molecule has 4 aromatic rings. The summed E-state index contributed by atoms with van der Waals surface area (Å²) in [6.07, 6.45) is 1.56. The maximum atomic E-state index is 13.0. The highest BCUT2D eigenvalue weighted by atomic mass is 79.9. The summed E-state index contributed by atoms with van der Waals surface area (Å²) in [5.41, 5.74) is 3.74. The zero-order chi connectivity index (χ0) is 21.6. The number of nitrogens with zero attached hydrogens (tertiary/aromatic N) is 3. The Labute approximate surface area is 184 Å². The van der Waals surface area contributed by atoms with Gasteiger partial charge in [0, 0.05) is 24.1 Å². The largest absolute Gasteiger partial charge is 0.330 e. The summed E-state index contributed by atoms with van der Waals surface area (Å²) in [6.45, 7) is 0. The molecular weight excluding hydrogens is 472 g/mol. The topological polar surface area (TPSA) is 78.0 Å². The molecule has 0 aliphatic carbocycles. The lowest BCUT2D eigenvalue weighted by Gasteiger charge is -2.12. The first-order chi connectivity index (χ1) is 14.3. The van der Waals surface area contributed by atoms with Gasteiger partial charge in [-0.05, 0) is 24.3 Å². The van der Waals surface area contributed by atoms with Crippen molar-refractivity contribution in [3.63, 3.8) is 0 Å². The number of hydrogen-bond donors (Lipinski definition) is 1. The Balaban J connectivity index is 1.99. The van der Waals surface area contributed by atoms with Crippen LogP contribution >= 0.6 is 27.5 Å². The maximum Gasteiger partial charge on any atom is 0.330 e. The number of aromatic nitrogens is 3. The highest BCUT2D eigenvalue weighted by Crippen LogP contribution is 2.28. The summed E-state index contributed by atoms with van der Waals surface area (Å²) in [6, 6.07) is 14.0. The number of aryl methyl sites for hydroxylation is 1. The van der Waals surface area contributed by atoms with E-state index in [1.807, 2.05) is 24.3 Å². The van der Waals surface area contributed by atoms with E-state index in [1.165, 1.54) is 16.3 Å². The van der Waals surface area contributed by atoms with Crippen molar-refractivity contribution >= 4 is 44.3 Å². The summed E-state index contributed by atoms with van der Waals surface area (Å²) >= 11 is 9.56. The molecule has 30 heavy (non-hydrogen) atoms. The van der Waals surface area contributed by atoms with Crippen molar-refractivity contribution in [1.29, 1.82) is 0 Å². The molecule has 0 bridgehead atoms. The molecule has 1 amide bonds. The summed E-state index contributed by atoms with van der Waals surface area (Å²) in [4.78, 5) is 38.3. The van der Waals surface area contributed by atoms with Crippen LogP contribution in [-0.2, 0) is 14.1 Å². The molecule has 1 N–H and O–H groups in total. The van der Waals surface area contributed by atoms with E-state index in [1.54, 1.807) is 37.5 Å². The minimum Gasteiger partial charge on any atom is -0.295 e. The van der Waals surface area contributed by atoms with Gasteiger partial charge in [0.2, 0.25) is 0 Å². The van der Waals surface area contributed by atoms with Gasteiger partial charge in [-0.1, -0.05) is 51.8 Å². The van der Waals surface area contributed by atoms with Gasteiger partial charge in [-0.3, -0.25) is 28.8 Å². The standard InChI is InChI=1S/C21H16BrClN4O3/c1-25-16-11-27(24-19(28)14-5-3-4-6-15(14)23)18(12-7-9-13(22)10-8-12)17(16)20(29)26(2)21(25)30/h3-11H,1-2H3,(H,24,28). The average Bonchev–Trinajstić information content (AvgIpc) is 3.10. The van der Waals surface area contributed by atoms with E-state index in [4.69, 9.17) is 11.6 Å². The minimum atomic E-state index is -0.454. The van der Waals surface area contributed by atoms with Crippen LogP contribution < -0.4 is 16.7 Å². The van der Waals surface area contributed by atoms with Crippen LogP contribution in [0.15, 0.2) is 68.8 Å². The molecular formula is C21H16BrClN4O3. The lowest BCUT2D eigenvalue weighted by molar-refractivity contribution is 0.101. The molecule has 2 aromatic heterocycles. The number of carbonyl (C=O) groups is 1. The van der Waals surface area contributed by atoms with Crippen molar-refractivity contribution in [2.24, 2.45) is 14.1 Å². The first kappa shape index (κ1) is 20.2. The fraction of sp³-hybridized carbons (Fsp3) is 0.0952. The Kier molecular flexibility index (Phi) is 5.13. The zero-order valence-corrected chi connectivity index (χ0v) is 18.4. The van der Waals surface area contributed by atoms with Crippen molar-refractivity contribution < 1.29 is 4.79 Å². The van der Waals surface area contributed by atoms with Crippen LogP contribution in [0.1, 0.15) is 10.4 Å². The number of carbonyl (C=O) groups excluding carboxylic acids is 1. The van der Waals surface area contributed by atoms with Crippen LogP contribution in [0.5, 0.6) is 0 Å². The van der Waals surface area contributed by atoms with Gasteiger partial charge in [-0.2, -0.15) is 0 Å². The van der Waals surface area contributed by atoms with Crippen LogP contribution in [0.3, 0.4) is 0 Å². The molecule has 0 saturated heterocycles. The predicted molar refractivity (Wildman–Crippen MR) is 121 cm³/mol. The molecule has 2 heterocycles. The number of amides is 1. The van der Waals surface area contributed by atoms with Gasteiger partial charge >= 0.3 is 5.69 Å². The van der Waals surface area contributed by atoms with Gasteiger partial charge in [0.1, 0.15) is 0 Å². The van der Waals surface area contributed by atoms with Crippen LogP contribution in [0.2, 0.25) is 5.02 Å². The molecule has 0 saturated carbocycles. The van der Waals surface area contributed by atoms with Gasteiger partial charge in [-0.15, -0.1) is 0 Å². The Morgan fingerprint density at radius 2 is 1.67 bits per heavy atom. The number of halogens is 2. The van der Waals surface area contributed by atoms with Gasteiger partial charge < -0.3 is 0 Å². The van der Waals surface area contributed by atoms with E-state index in [0.717, 1.165) is 9.04 Å². The van der Waals surface area contributed by atoms with Crippen LogP contribution in [0.4, 0.5) is 0 Å². The molecule has 0 fully saturated rings. The second-order valence-electron chi connectivity index (χ2n) is 6.74. The molecule has 7 nitrogen and oxygen atoms in total. The monoisotopic (exact) mass is 486 g/mol. The van der Waals surface area contributed by atoms with E-state index < -0.39 is 17.2 Å². The molecule has 2 aromatic carbocycles. The van der Waals surface area contributed by atoms with Crippen LogP contribution in [0, 0.1) is 0 Å². The van der Waals surface area contributed by atoms with E-state index in [9.17, 15) is 14.4 Å². The Hall–Kier alpha value is -3.10. The second-order valence-corrected chi connectivity index (χ2v) is 8.06. The number of fused-ring (bicyclic) bond motifs is 1. The third-order valence-electron chi connectivity index (χ3n) is 4.90. The molecule has 0 radical (unpaired) electrons. The summed E-state index contributed by atoms with van der Waals surface area (Å²) < 4.78 is 4.75. The van der Waals surface area contributed by atoms with Crippen molar-refractivity contribution in [2.45, 2.75) is 0 Å². The third kappa shape index (κ3) is 3.28. The van der Waals surface area contributed by atoms with E-state index in [0.29, 0.717) is 32.7 Å². The number of rotatable bonds is 3. The SMILES string of the molecule is Cn1c(=O)c2c(-c3ccc(Br)cc3)n(NC(=O)c3ccccc3Cl)cc2n(C)c1=O. The Morgan fingerprint density at radius 3 is 2.33 bits per heavy atom. The fourth-order valence-electron chi connectivity index (χ4n) is 3.34. The van der Waals surface area contributed by atoms with E-state index in [-0.39, 0.29) is 0 Å². The zero-order valence-electron chi connectivity index (χ0n) is 16.0. The van der Waals surface area contributed by atoms with Gasteiger partial charge in [0.25, 0.3) is 11.5 Å². The lowest BCUT2D eigenvalue weighted by Crippen LogP contribution is -2.36. The molecule has 4 rings (SSSR count). The number of benzene rings is 2. The first-order valence-corrected chi connectivity index (χ1v) is 10.1. The van der Waals surface area contributed by atoms with E-state index in [2.05, 4.69) is 21.4 Å². The van der Waals surface area contributed by atoms with Crippen LogP contribution in [-0.4, -0.2) is 19.7 Å². The van der Waals surface area contributed by atoms with Gasteiger partial charge in [-0.25, -0.2) is 4.79 Å². The Morgan fingerprint density at radius 1 is 1.00 bits per heavy atom. The smallest absolute Gasteiger partial charge is 0.295 e. The molecule has 0 spiro atoms. The fourth-order valence-corrected chi connectivity index (χ4v) is 3.82. The first-order valence-electron chi connectivity index (χ1n) is 8.92. The Bertz CT molecular complexity index is 1420. The summed E-state index contributed by atoms with van der Waals surface area (Å²) in [5, 5.41) is 0.626. The molecule has 0 aliphatic rings. The molecule has 0 atom stereocenters. The van der Waals surface area contributed by atoms with Crippen molar-refractivity contribution in [3.05, 3.63) is 90.6 Å². The quantitative estimate of drug-likeness (QED) is 0.480. The lowest BCUT2D eigenvalue weighted by atomic mass is 10.1. The molecule has 0 unspecified atom stereocenters. The molecule has 9 heteroatoms. The number of nitrogens with one attached hydrogen (secondary N) is 1. The van der Waals surface area contributed by atoms with Crippen molar-refractivity contribution in [3.8, 4) is 11.3 Å².